The van der Waals surface area contributed by atoms with Crippen LogP contribution in [0.1, 0.15) is 0 Å². The maximum Gasteiger partial charge on any atom is 0.382 e. The lowest BCUT2D eigenvalue weighted by molar-refractivity contribution is -0.130. The number of carbonyl (C=O) groups is 2. The van der Waals surface area contributed by atoms with Crippen molar-refractivity contribution in [1.29, 1.82) is 0 Å². The van der Waals surface area contributed by atoms with E-state index >= 15 is 0 Å². The molecule has 0 aliphatic heterocycles. The molecule has 0 fully saturated rings. The molecule has 0 atom stereocenters. The normalized spacial score (nSPS) is 6.62. The number of thiol groups is 1. The quantitative estimate of drug-likeness (QED) is 0.344. The van der Waals surface area contributed by atoms with Crippen LogP contribution >= 0.6 is 12.6 Å². The molecule has 0 bridgehead atoms. The summed E-state index contributed by atoms with van der Waals surface area (Å²) in [5, 5.41) is 7.06. The third-order valence-electron chi connectivity index (χ3n) is 0.276. The van der Waals surface area contributed by atoms with Gasteiger partial charge in [0, 0.05) is 5.92 Å². The highest BCUT2D eigenvalue weighted by Crippen LogP contribution is 1.70. The van der Waals surface area contributed by atoms with Gasteiger partial charge in [0.2, 0.25) is 0 Å². The van der Waals surface area contributed by atoms with Gasteiger partial charge in [-0.15, -0.1) is 0 Å². The second kappa shape index (κ2) is 3.10. The molecule has 0 aliphatic carbocycles. The Balaban J connectivity index is 3.87. The summed E-state index contributed by atoms with van der Waals surface area (Å²) in [6.07, 6.45) is 0. The number of hydrogen-bond donors (Lipinski definition) is 2. The van der Waals surface area contributed by atoms with Crippen LogP contribution in [0.4, 0.5) is 0 Å². The predicted molar refractivity (Wildman–Crippen MR) is 29.4 cm³/mol. The Morgan fingerprint density at radius 3 is 2.00 bits per heavy atom. The number of carboxylic acids is 1. The SMILES string of the molecule is O=C(O)C#CC(=O)S. The third-order valence-corrected chi connectivity index (χ3v) is 0.388. The standard InChI is InChI=1S/C4H2O3S/c5-3(6)1-2-4(7)8/h(H,5,6)(H,7,8). The zero-order valence-corrected chi connectivity index (χ0v) is 4.61. The number of carboxylic acid groups (broad SMARTS) is 1. The van der Waals surface area contributed by atoms with E-state index in [1.54, 1.807) is 11.8 Å². The minimum Gasteiger partial charge on any atom is -0.472 e. The van der Waals surface area contributed by atoms with Crippen molar-refractivity contribution in [2.45, 2.75) is 0 Å². The average Bonchev–Trinajstić information content (AvgIpc) is 1.61. The van der Waals surface area contributed by atoms with E-state index in [9.17, 15) is 9.59 Å². The lowest BCUT2D eigenvalue weighted by Gasteiger charge is -1.67. The maximum absolute atomic E-state index is 9.78. The molecular weight excluding hydrogens is 128 g/mol. The van der Waals surface area contributed by atoms with Gasteiger partial charge in [0.05, 0.1) is 0 Å². The molecule has 0 aromatic heterocycles. The van der Waals surface area contributed by atoms with Crippen molar-refractivity contribution in [2.75, 3.05) is 0 Å². The maximum atomic E-state index is 9.78. The topological polar surface area (TPSA) is 54.4 Å². The van der Waals surface area contributed by atoms with Gasteiger partial charge in [-0.1, -0.05) is 12.6 Å². The van der Waals surface area contributed by atoms with Crippen molar-refractivity contribution in [3.63, 3.8) is 0 Å². The number of hydrogen-bond acceptors (Lipinski definition) is 2. The molecule has 0 unspecified atom stereocenters. The summed E-state index contributed by atoms with van der Waals surface area (Å²) in [7, 11) is 0. The average molecular weight is 130 g/mol. The molecule has 42 valence electrons. The first-order valence-electron chi connectivity index (χ1n) is 1.61. The Morgan fingerprint density at radius 2 is 1.88 bits per heavy atom. The highest BCUT2D eigenvalue weighted by Gasteiger charge is 1.84. The molecule has 0 saturated heterocycles. The highest BCUT2D eigenvalue weighted by molar-refractivity contribution is 7.97. The van der Waals surface area contributed by atoms with Crippen molar-refractivity contribution in [2.24, 2.45) is 0 Å². The van der Waals surface area contributed by atoms with E-state index in [0.29, 0.717) is 0 Å². The van der Waals surface area contributed by atoms with E-state index < -0.39 is 11.1 Å². The van der Waals surface area contributed by atoms with Crippen molar-refractivity contribution in [1.82, 2.24) is 0 Å². The van der Waals surface area contributed by atoms with Crippen LogP contribution in [0.3, 0.4) is 0 Å². The summed E-state index contributed by atoms with van der Waals surface area (Å²) in [6, 6.07) is 0. The minimum atomic E-state index is -1.33. The van der Waals surface area contributed by atoms with Gasteiger partial charge in [0.15, 0.2) is 0 Å². The fourth-order valence-corrected chi connectivity index (χ4v) is 0.163. The zero-order valence-electron chi connectivity index (χ0n) is 3.71. The van der Waals surface area contributed by atoms with Crippen LogP contribution in [0.25, 0.3) is 0 Å². The van der Waals surface area contributed by atoms with Gasteiger partial charge in [0.25, 0.3) is 5.12 Å². The molecule has 0 aliphatic rings. The summed E-state index contributed by atoms with van der Waals surface area (Å²) in [6.45, 7) is 0. The van der Waals surface area contributed by atoms with Crippen LogP contribution in [-0.4, -0.2) is 16.2 Å². The number of carbonyl (C=O) groups excluding carboxylic acids is 1. The van der Waals surface area contributed by atoms with Crippen molar-refractivity contribution >= 4 is 23.7 Å². The van der Waals surface area contributed by atoms with Gasteiger partial charge < -0.3 is 5.11 Å². The van der Waals surface area contributed by atoms with E-state index in [1.165, 1.54) is 0 Å². The Hall–Kier alpha value is -0.950. The molecule has 0 radical (unpaired) electrons. The monoisotopic (exact) mass is 130 g/mol. The lowest BCUT2D eigenvalue weighted by atomic mass is 10.6. The van der Waals surface area contributed by atoms with Crippen LogP contribution in [0.5, 0.6) is 0 Å². The van der Waals surface area contributed by atoms with E-state index in [2.05, 4.69) is 12.6 Å². The highest BCUT2D eigenvalue weighted by atomic mass is 32.1. The first-order chi connectivity index (χ1) is 3.63. The summed E-state index contributed by atoms with van der Waals surface area (Å²) < 4.78 is 0. The van der Waals surface area contributed by atoms with Crippen LogP contribution < -0.4 is 0 Å². The molecular formula is C4H2O3S. The van der Waals surface area contributed by atoms with E-state index in [0.717, 1.165) is 0 Å². The van der Waals surface area contributed by atoms with E-state index in [1.807, 2.05) is 0 Å². The Bertz CT molecular complexity index is 155. The van der Waals surface area contributed by atoms with Crippen molar-refractivity contribution in [3.05, 3.63) is 0 Å². The molecule has 0 saturated carbocycles. The summed E-state index contributed by atoms with van der Waals surface area (Å²) in [5.41, 5.74) is 0. The summed E-state index contributed by atoms with van der Waals surface area (Å²) in [5.74, 6) is 1.98. The van der Waals surface area contributed by atoms with Gasteiger partial charge in [0.1, 0.15) is 0 Å². The second-order valence-corrected chi connectivity index (χ2v) is 1.27. The van der Waals surface area contributed by atoms with E-state index in [4.69, 9.17) is 5.11 Å². The molecule has 0 amide bonds. The smallest absolute Gasteiger partial charge is 0.382 e. The summed E-state index contributed by atoms with van der Waals surface area (Å²) >= 11 is 3.20. The molecule has 0 aromatic rings. The Kier molecular flexibility index (Phi) is 2.74. The minimum absolute atomic E-state index is 0.743. The van der Waals surface area contributed by atoms with Crippen molar-refractivity contribution < 1.29 is 14.7 Å². The van der Waals surface area contributed by atoms with Crippen LogP contribution in [0.15, 0.2) is 0 Å². The first-order valence-corrected chi connectivity index (χ1v) is 2.05. The second-order valence-electron chi connectivity index (χ2n) is 0.860. The van der Waals surface area contributed by atoms with Crippen molar-refractivity contribution in [3.8, 4) is 11.8 Å². The van der Waals surface area contributed by atoms with Gasteiger partial charge in [-0.3, -0.25) is 4.79 Å². The van der Waals surface area contributed by atoms with Crippen LogP contribution in [-0.2, 0) is 9.59 Å². The molecule has 4 heteroatoms. The molecule has 0 spiro atoms. The zero-order chi connectivity index (χ0) is 6.57. The first kappa shape index (κ1) is 7.05. The molecule has 8 heavy (non-hydrogen) atoms. The fourth-order valence-electron chi connectivity index (χ4n) is 0.107. The predicted octanol–water partition coefficient (Wildman–Crippen LogP) is -0.469. The molecule has 1 N–H and O–H groups in total. The number of rotatable bonds is 0. The Labute approximate surface area is 51.1 Å². The molecule has 0 rings (SSSR count). The van der Waals surface area contributed by atoms with Crippen LogP contribution in [0, 0.1) is 11.8 Å². The lowest BCUT2D eigenvalue weighted by Crippen LogP contribution is -1.88. The molecule has 3 nitrogen and oxygen atoms in total. The van der Waals surface area contributed by atoms with E-state index in [-0.39, 0.29) is 0 Å². The fraction of sp³-hybridized carbons (Fsp3) is 0. The Morgan fingerprint density at radius 1 is 1.38 bits per heavy atom. The van der Waals surface area contributed by atoms with Gasteiger partial charge in [-0.25, -0.2) is 4.79 Å². The largest absolute Gasteiger partial charge is 0.472 e. The third kappa shape index (κ3) is 5.05. The van der Waals surface area contributed by atoms with Crippen LogP contribution in [0.2, 0.25) is 0 Å². The molecule has 0 aromatic carbocycles. The molecule has 0 heterocycles. The number of aliphatic carboxylic acids is 1. The van der Waals surface area contributed by atoms with Gasteiger partial charge in [-0.2, -0.15) is 0 Å². The van der Waals surface area contributed by atoms with Gasteiger partial charge in [-0.05, 0) is 5.92 Å². The van der Waals surface area contributed by atoms with Gasteiger partial charge >= 0.3 is 5.97 Å². The summed E-state index contributed by atoms with van der Waals surface area (Å²) in [4.78, 5) is 19.3.